The van der Waals surface area contributed by atoms with Gasteiger partial charge in [0, 0.05) is 5.56 Å². The van der Waals surface area contributed by atoms with Gasteiger partial charge in [-0.2, -0.15) is 0 Å². The van der Waals surface area contributed by atoms with Gasteiger partial charge in [-0.15, -0.1) is 12.8 Å². The van der Waals surface area contributed by atoms with E-state index in [4.69, 9.17) is 9.15 Å². The zero-order valence-corrected chi connectivity index (χ0v) is 14.9. The van der Waals surface area contributed by atoms with Crippen LogP contribution in [0.2, 0.25) is 0 Å². The van der Waals surface area contributed by atoms with Crippen LogP contribution in [0.25, 0.3) is 0 Å². The average Bonchev–Trinajstić information content (AvgIpc) is 3.19. The second kappa shape index (κ2) is 8.97. The number of carbonyl (C=O) groups is 1. The Balaban J connectivity index is 0.000000487. The summed E-state index contributed by atoms with van der Waals surface area (Å²) in [7, 11) is 0. The zero-order chi connectivity index (χ0) is 17.5. The van der Waals surface area contributed by atoms with Gasteiger partial charge in [-0.3, -0.25) is 4.79 Å². The van der Waals surface area contributed by atoms with Crippen LogP contribution in [-0.2, 0) is 9.53 Å². The molecule has 0 amide bonds. The number of esters is 1. The summed E-state index contributed by atoms with van der Waals surface area (Å²) < 4.78 is 10.8. The number of rotatable bonds is 1. The molecule has 1 saturated heterocycles. The first-order valence-electron chi connectivity index (χ1n) is 9.39. The molecule has 1 aromatic heterocycles. The smallest absolute Gasteiger partial charge is 0.309 e. The van der Waals surface area contributed by atoms with Gasteiger partial charge in [-0.1, -0.05) is 33.1 Å². The van der Waals surface area contributed by atoms with Gasteiger partial charge in [0.05, 0.1) is 18.4 Å². The summed E-state index contributed by atoms with van der Waals surface area (Å²) in [5.74, 6) is 2.36. The fraction of sp³-hybridized carbons (Fsp3) is 0.667. The van der Waals surface area contributed by atoms with Gasteiger partial charge in [0.1, 0.15) is 6.10 Å². The van der Waals surface area contributed by atoms with Crippen molar-refractivity contribution in [3.63, 3.8) is 0 Å². The molecule has 4 rings (SSSR count). The largest absolute Gasteiger partial charge is 0.472 e. The van der Waals surface area contributed by atoms with E-state index in [1.165, 1.54) is 32.1 Å². The summed E-state index contributed by atoms with van der Waals surface area (Å²) >= 11 is 0. The summed E-state index contributed by atoms with van der Waals surface area (Å²) in [6.07, 6.45) is 20.0. The summed E-state index contributed by atoms with van der Waals surface area (Å²) in [5, 5.41) is 0. The van der Waals surface area contributed by atoms with Crippen LogP contribution in [0.15, 0.2) is 23.0 Å². The monoisotopic (exact) mass is 330 g/mol. The van der Waals surface area contributed by atoms with Gasteiger partial charge in [-0.25, -0.2) is 0 Å². The van der Waals surface area contributed by atoms with Crippen LogP contribution in [0.5, 0.6) is 0 Å². The number of furan rings is 1. The maximum Gasteiger partial charge on any atom is 0.309 e. The molecule has 5 atom stereocenters. The molecule has 3 heteroatoms. The molecule has 2 unspecified atom stereocenters. The minimum Gasteiger partial charge on any atom is -0.472 e. The second-order valence-corrected chi connectivity index (χ2v) is 6.77. The Morgan fingerprint density at radius 3 is 2.50 bits per heavy atom. The molecule has 2 aliphatic carbocycles. The molecule has 0 N–H and O–H groups in total. The first kappa shape index (κ1) is 18.6. The van der Waals surface area contributed by atoms with Crippen molar-refractivity contribution in [3.05, 3.63) is 24.2 Å². The number of carbonyl (C=O) groups excluding carboxylic acids is 1. The van der Waals surface area contributed by atoms with E-state index in [-0.39, 0.29) is 18.0 Å². The zero-order valence-electron chi connectivity index (χ0n) is 14.9. The summed E-state index contributed by atoms with van der Waals surface area (Å²) in [4.78, 5) is 12.4. The molecule has 2 heterocycles. The van der Waals surface area contributed by atoms with Gasteiger partial charge in [0.25, 0.3) is 0 Å². The SMILES string of the molecule is C#C.CC.O=C1O[C@H](c2ccoc2)CC2[C@H]3CCCCC3CC[C@@H]12. The normalized spacial score (nSPS) is 34.2. The van der Waals surface area contributed by atoms with Crippen molar-refractivity contribution in [2.45, 2.75) is 64.9 Å². The Morgan fingerprint density at radius 2 is 1.79 bits per heavy atom. The second-order valence-electron chi connectivity index (χ2n) is 6.77. The van der Waals surface area contributed by atoms with E-state index in [0.717, 1.165) is 30.2 Å². The van der Waals surface area contributed by atoms with E-state index in [1.54, 1.807) is 12.5 Å². The topological polar surface area (TPSA) is 39.4 Å². The van der Waals surface area contributed by atoms with Crippen molar-refractivity contribution in [2.75, 3.05) is 0 Å². The van der Waals surface area contributed by atoms with Crippen LogP contribution in [0.1, 0.15) is 70.5 Å². The highest BCUT2D eigenvalue weighted by atomic mass is 16.5. The predicted octanol–water partition coefficient (Wildman–Crippen LogP) is 5.38. The number of terminal acetylenes is 1. The molecule has 0 radical (unpaired) electrons. The highest BCUT2D eigenvalue weighted by molar-refractivity contribution is 5.74. The molecule has 1 aromatic rings. The molecule has 3 nitrogen and oxygen atoms in total. The van der Waals surface area contributed by atoms with Gasteiger partial charge < -0.3 is 9.15 Å². The fourth-order valence-electron chi connectivity index (χ4n) is 4.88. The molecule has 24 heavy (non-hydrogen) atoms. The number of ether oxygens (including phenoxy) is 1. The average molecular weight is 330 g/mol. The van der Waals surface area contributed by atoms with Gasteiger partial charge in [-0.05, 0) is 49.5 Å². The van der Waals surface area contributed by atoms with Crippen molar-refractivity contribution in [1.29, 1.82) is 0 Å². The van der Waals surface area contributed by atoms with Crippen LogP contribution >= 0.6 is 0 Å². The van der Waals surface area contributed by atoms with Crippen LogP contribution in [-0.4, -0.2) is 5.97 Å². The van der Waals surface area contributed by atoms with Gasteiger partial charge in [0.15, 0.2) is 0 Å². The highest BCUT2D eigenvalue weighted by Crippen LogP contribution is 2.52. The molecular weight excluding hydrogens is 300 g/mol. The summed E-state index contributed by atoms with van der Waals surface area (Å²) in [5.41, 5.74) is 1.02. The third-order valence-electron chi connectivity index (χ3n) is 5.85. The maximum absolute atomic E-state index is 12.4. The molecule has 0 aromatic carbocycles. The predicted molar refractivity (Wildman–Crippen MR) is 95.1 cm³/mol. The van der Waals surface area contributed by atoms with E-state index in [0.29, 0.717) is 5.92 Å². The molecular formula is C21H30O3. The van der Waals surface area contributed by atoms with Gasteiger partial charge in [0.2, 0.25) is 0 Å². The Hall–Kier alpha value is -1.69. The first-order chi connectivity index (χ1) is 11.8. The highest BCUT2D eigenvalue weighted by Gasteiger charge is 2.48. The number of hydrogen-bond acceptors (Lipinski definition) is 3. The Labute approximate surface area is 146 Å². The molecule has 2 saturated carbocycles. The minimum absolute atomic E-state index is 0.0384. The van der Waals surface area contributed by atoms with Gasteiger partial charge >= 0.3 is 5.97 Å². The lowest BCUT2D eigenvalue weighted by Crippen LogP contribution is -2.44. The quantitative estimate of drug-likeness (QED) is 0.513. The minimum atomic E-state index is -0.0804. The first-order valence-corrected chi connectivity index (χ1v) is 9.39. The van der Waals surface area contributed by atoms with Crippen molar-refractivity contribution in [3.8, 4) is 12.8 Å². The Kier molecular flexibility index (Phi) is 6.97. The molecule has 1 aliphatic heterocycles. The van der Waals surface area contributed by atoms with E-state index >= 15 is 0 Å². The Morgan fingerprint density at radius 1 is 1.04 bits per heavy atom. The standard InChI is InChI=1S/C17H22O3.C2H6.C2H2/c18-17-14-6-5-11-3-1-2-4-13(11)15(14)9-16(20-17)12-7-8-19-10-12;2*1-2/h7-8,10-11,13-16H,1-6,9H2;1-2H3;1-2H/t11?,13-,14+,15?,16-;;/m0../s1. The van der Waals surface area contributed by atoms with Crippen LogP contribution in [0, 0.1) is 36.5 Å². The van der Waals surface area contributed by atoms with Crippen molar-refractivity contribution >= 4 is 5.97 Å². The van der Waals surface area contributed by atoms with E-state index in [1.807, 2.05) is 19.9 Å². The Bertz CT molecular complexity index is 516. The van der Waals surface area contributed by atoms with E-state index < -0.39 is 0 Å². The molecule has 0 spiro atoms. The van der Waals surface area contributed by atoms with Crippen LogP contribution < -0.4 is 0 Å². The van der Waals surface area contributed by atoms with Crippen LogP contribution in [0.4, 0.5) is 0 Å². The summed E-state index contributed by atoms with van der Waals surface area (Å²) in [6.45, 7) is 4.00. The van der Waals surface area contributed by atoms with Crippen molar-refractivity contribution < 1.29 is 13.9 Å². The van der Waals surface area contributed by atoms with Crippen molar-refractivity contribution in [1.82, 2.24) is 0 Å². The third kappa shape index (κ3) is 3.69. The lowest BCUT2D eigenvalue weighted by molar-refractivity contribution is -0.173. The molecule has 132 valence electrons. The number of fused-ring (bicyclic) bond motifs is 3. The number of cyclic esters (lactones) is 1. The molecule has 3 aliphatic rings. The van der Waals surface area contributed by atoms with E-state index in [2.05, 4.69) is 12.8 Å². The van der Waals surface area contributed by atoms with Crippen molar-refractivity contribution in [2.24, 2.45) is 23.7 Å². The fourth-order valence-corrected chi connectivity index (χ4v) is 4.88. The van der Waals surface area contributed by atoms with E-state index in [9.17, 15) is 4.79 Å². The summed E-state index contributed by atoms with van der Waals surface area (Å²) in [6, 6.07) is 1.93. The molecule has 0 bridgehead atoms. The maximum atomic E-state index is 12.4. The lowest BCUT2D eigenvalue weighted by Gasteiger charge is -2.48. The third-order valence-corrected chi connectivity index (χ3v) is 5.85. The lowest BCUT2D eigenvalue weighted by atomic mass is 9.59. The molecule has 3 fully saturated rings. The number of hydrogen-bond donors (Lipinski definition) is 0. The van der Waals surface area contributed by atoms with Crippen LogP contribution in [0.3, 0.4) is 0 Å².